The summed E-state index contributed by atoms with van der Waals surface area (Å²) in [6.07, 6.45) is 3.10. The molecule has 2 N–H and O–H groups in total. The Morgan fingerprint density at radius 2 is 2.05 bits per heavy atom. The average Bonchev–Trinajstić information content (AvgIpc) is 2.54. The summed E-state index contributed by atoms with van der Waals surface area (Å²) in [5, 5.41) is 11.7. The first-order valence-electron chi connectivity index (χ1n) is 7.47. The van der Waals surface area contributed by atoms with Crippen molar-refractivity contribution in [3.05, 3.63) is 35.4 Å². The SMILES string of the molecule is COCC1CCCCN1C(=O)NCc1ccc(C(=O)O)cc1. The standard InChI is InChI=1S/C16H22N2O4/c1-22-11-14-4-2-3-9-18(14)16(21)17-10-12-5-7-13(8-6-12)15(19)20/h5-8,14H,2-4,9-11H2,1H3,(H,17,21)(H,19,20). The predicted octanol–water partition coefficient (Wildman–Crippen LogP) is 2.10. The van der Waals surface area contributed by atoms with Crippen molar-refractivity contribution in [2.24, 2.45) is 0 Å². The van der Waals surface area contributed by atoms with Crippen molar-refractivity contribution in [1.29, 1.82) is 0 Å². The van der Waals surface area contributed by atoms with Gasteiger partial charge in [0.15, 0.2) is 0 Å². The van der Waals surface area contributed by atoms with E-state index in [9.17, 15) is 9.59 Å². The summed E-state index contributed by atoms with van der Waals surface area (Å²) >= 11 is 0. The second-order valence-electron chi connectivity index (χ2n) is 5.46. The molecule has 1 saturated heterocycles. The Morgan fingerprint density at radius 3 is 2.68 bits per heavy atom. The number of methoxy groups -OCH3 is 1. The number of amides is 2. The van der Waals surface area contributed by atoms with E-state index in [1.807, 2.05) is 4.90 Å². The molecule has 22 heavy (non-hydrogen) atoms. The van der Waals surface area contributed by atoms with Crippen LogP contribution in [0.2, 0.25) is 0 Å². The van der Waals surface area contributed by atoms with Crippen molar-refractivity contribution in [1.82, 2.24) is 10.2 Å². The lowest BCUT2D eigenvalue weighted by molar-refractivity contribution is 0.0696. The molecule has 0 saturated carbocycles. The molecule has 2 rings (SSSR count). The van der Waals surface area contributed by atoms with Crippen LogP contribution < -0.4 is 5.32 Å². The van der Waals surface area contributed by atoms with Crippen LogP contribution in [0.1, 0.15) is 35.2 Å². The van der Waals surface area contributed by atoms with Crippen LogP contribution in [-0.4, -0.2) is 48.3 Å². The number of piperidine rings is 1. The smallest absolute Gasteiger partial charge is 0.335 e. The van der Waals surface area contributed by atoms with Gasteiger partial charge in [-0.3, -0.25) is 0 Å². The largest absolute Gasteiger partial charge is 0.478 e. The quantitative estimate of drug-likeness (QED) is 0.873. The molecular formula is C16H22N2O4. The number of urea groups is 1. The minimum atomic E-state index is -0.952. The van der Waals surface area contributed by atoms with E-state index in [2.05, 4.69) is 5.32 Å². The minimum absolute atomic E-state index is 0.0935. The zero-order valence-electron chi connectivity index (χ0n) is 12.7. The molecule has 1 aliphatic heterocycles. The Bertz CT molecular complexity index is 513. The second-order valence-corrected chi connectivity index (χ2v) is 5.46. The van der Waals surface area contributed by atoms with Crippen LogP contribution in [0.4, 0.5) is 4.79 Å². The van der Waals surface area contributed by atoms with Gasteiger partial charge in [-0.1, -0.05) is 12.1 Å². The van der Waals surface area contributed by atoms with E-state index in [0.717, 1.165) is 31.4 Å². The number of nitrogens with zero attached hydrogens (tertiary/aromatic N) is 1. The van der Waals surface area contributed by atoms with E-state index in [1.54, 1.807) is 31.4 Å². The van der Waals surface area contributed by atoms with E-state index < -0.39 is 5.97 Å². The van der Waals surface area contributed by atoms with Crippen molar-refractivity contribution in [2.45, 2.75) is 31.8 Å². The summed E-state index contributed by atoms with van der Waals surface area (Å²) in [6, 6.07) is 6.55. The molecule has 1 heterocycles. The fraction of sp³-hybridized carbons (Fsp3) is 0.500. The molecule has 0 spiro atoms. The van der Waals surface area contributed by atoms with E-state index in [4.69, 9.17) is 9.84 Å². The highest BCUT2D eigenvalue weighted by molar-refractivity contribution is 5.87. The summed E-state index contributed by atoms with van der Waals surface area (Å²) < 4.78 is 5.18. The molecule has 1 aromatic carbocycles. The van der Waals surface area contributed by atoms with E-state index in [1.165, 1.54) is 0 Å². The molecular weight excluding hydrogens is 284 g/mol. The highest BCUT2D eigenvalue weighted by atomic mass is 16.5. The Morgan fingerprint density at radius 1 is 1.32 bits per heavy atom. The molecule has 2 amide bonds. The van der Waals surface area contributed by atoms with Crippen LogP contribution in [0.25, 0.3) is 0 Å². The Kier molecular flexibility index (Phi) is 5.77. The van der Waals surface area contributed by atoms with Crippen molar-refractivity contribution in [3.8, 4) is 0 Å². The molecule has 0 radical (unpaired) electrons. The highest BCUT2D eigenvalue weighted by Gasteiger charge is 2.26. The highest BCUT2D eigenvalue weighted by Crippen LogP contribution is 2.17. The van der Waals surface area contributed by atoms with Gasteiger partial charge in [0.1, 0.15) is 0 Å². The lowest BCUT2D eigenvalue weighted by Gasteiger charge is -2.35. The zero-order valence-corrected chi connectivity index (χ0v) is 12.7. The molecule has 1 fully saturated rings. The minimum Gasteiger partial charge on any atom is -0.478 e. The first-order chi connectivity index (χ1) is 10.6. The number of carboxylic acids is 1. The van der Waals surface area contributed by atoms with E-state index >= 15 is 0 Å². The third kappa shape index (κ3) is 4.21. The van der Waals surface area contributed by atoms with Gasteiger partial charge in [0.05, 0.1) is 18.2 Å². The molecule has 1 aliphatic rings. The van der Waals surface area contributed by atoms with Crippen LogP contribution in [0, 0.1) is 0 Å². The Balaban J connectivity index is 1.89. The van der Waals surface area contributed by atoms with Crippen molar-refractivity contribution in [3.63, 3.8) is 0 Å². The van der Waals surface area contributed by atoms with Gasteiger partial charge in [-0.05, 0) is 37.0 Å². The van der Waals surface area contributed by atoms with Gasteiger partial charge >= 0.3 is 12.0 Å². The first kappa shape index (κ1) is 16.3. The van der Waals surface area contributed by atoms with E-state index in [0.29, 0.717) is 13.2 Å². The molecule has 1 aromatic rings. The Hall–Kier alpha value is -2.08. The van der Waals surface area contributed by atoms with Gasteiger partial charge in [-0.15, -0.1) is 0 Å². The number of benzene rings is 1. The number of hydrogen-bond donors (Lipinski definition) is 2. The number of rotatable bonds is 5. The van der Waals surface area contributed by atoms with Crippen LogP contribution in [0.15, 0.2) is 24.3 Å². The second kappa shape index (κ2) is 7.79. The molecule has 0 bridgehead atoms. The average molecular weight is 306 g/mol. The predicted molar refractivity (Wildman–Crippen MR) is 81.9 cm³/mol. The van der Waals surface area contributed by atoms with Crippen molar-refractivity contribution in [2.75, 3.05) is 20.3 Å². The van der Waals surface area contributed by atoms with Gasteiger partial charge < -0.3 is 20.1 Å². The lowest BCUT2D eigenvalue weighted by atomic mass is 10.0. The maximum Gasteiger partial charge on any atom is 0.335 e. The number of aromatic carboxylic acids is 1. The Labute approximate surface area is 130 Å². The number of ether oxygens (including phenoxy) is 1. The topological polar surface area (TPSA) is 78.9 Å². The van der Waals surface area contributed by atoms with Crippen LogP contribution in [0.3, 0.4) is 0 Å². The summed E-state index contributed by atoms with van der Waals surface area (Å²) in [5.74, 6) is -0.952. The number of nitrogens with one attached hydrogen (secondary N) is 1. The molecule has 6 heteroatoms. The fourth-order valence-corrected chi connectivity index (χ4v) is 2.68. The van der Waals surface area contributed by atoms with Gasteiger partial charge in [0.2, 0.25) is 0 Å². The molecule has 6 nitrogen and oxygen atoms in total. The normalized spacial score (nSPS) is 18.0. The van der Waals surface area contributed by atoms with Gasteiger partial charge in [0, 0.05) is 20.2 Å². The maximum absolute atomic E-state index is 12.3. The van der Waals surface area contributed by atoms with Gasteiger partial charge in [0.25, 0.3) is 0 Å². The van der Waals surface area contributed by atoms with Crippen LogP contribution in [-0.2, 0) is 11.3 Å². The summed E-state index contributed by atoms with van der Waals surface area (Å²) in [4.78, 5) is 24.9. The van der Waals surface area contributed by atoms with Crippen LogP contribution in [0.5, 0.6) is 0 Å². The third-order valence-electron chi connectivity index (χ3n) is 3.89. The molecule has 1 atom stereocenters. The first-order valence-corrected chi connectivity index (χ1v) is 7.47. The third-order valence-corrected chi connectivity index (χ3v) is 3.89. The van der Waals surface area contributed by atoms with Crippen molar-refractivity contribution < 1.29 is 19.4 Å². The summed E-state index contributed by atoms with van der Waals surface area (Å²) in [6.45, 7) is 1.69. The summed E-state index contributed by atoms with van der Waals surface area (Å²) in [5.41, 5.74) is 1.12. The fourth-order valence-electron chi connectivity index (χ4n) is 2.68. The number of carboxylic acid groups (broad SMARTS) is 1. The van der Waals surface area contributed by atoms with Crippen LogP contribution >= 0.6 is 0 Å². The number of carbonyl (C=O) groups is 2. The number of hydrogen-bond acceptors (Lipinski definition) is 3. The summed E-state index contributed by atoms with van der Waals surface area (Å²) in [7, 11) is 1.65. The molecule has 0 aromatic heterocycles. The zero-order chi connectivity index (χ0) is 15.9. The maximum atomic E-state index is 12.3. The van der Waals surface area contributed by atoms with Gasteiger partial charge in [-0.25, -0.2) is 9.59 Å². The van der Waals surface area contributed by atoms with E-state index in [-0.39, 0.29) is 17.6 Å². The van der Waals surface area contributed by atoms with Crippen molar-refractivity contribution >= 4 is 12.0 Å². The monoisotopic (exact) mass is 306 g/mol. The molecule has 0 aliphatic carbocycles. The molecule has 1 unspecified atom stereocenters. The van der Waals surface area contributed by atoms with Gasteiger partial charge in [-0.2, -0.15) is 0 Å². The number of carbonyl (C=O) groups excluding carboxylic acids is 1. The molecule has 120 valence electrons. The lowest BCUT2D eigenvalue weighted by Crippen LogP contribution is -2.50. The number of likely N-dealkylation sites (tertiary alicyclic amines) is 1.